The molecule has 4 nitrogen and oxygen atoms in total. The summed E-state index contributed by atoms with van der Waals surface area (Å²) in [6.45, 7) is 2.19. The lowest BCUT2D eigenvalue weighted by Crippen LogP contribution is -2.16. The number of hydrogen-bond donors (Lipinski definition) is 1. The molecular formula is C25H30ClNO3. The number of halogens is 1. The first-order chi connectivity index (χ1) is 14.3. The van der Waals surface area contributed by atoms with E-state index in [1.54, 1.807) is 14.2 Å². The lowest BCUT2D eigenvalue weighted by molar-refractivity contribution is 0.172. The van der Waals surface area contributed by atoms with E-state index in [2.05, 4.69) is 47.8 Å². The minimum atomic E-state index is 0. The fourth-order valence-electron chi connectivity index (χ4n) is 3.68. The average molecular weight is 428 g/mol. The quantitative estimate of drug-likeness (QED) is 0.427. The maximum Gasteiger partial charge on any atom is 0.127 e. The summed E-state index contributed by atoms with van der Waals surface area (Å²) in [5.74, 6) is 1.82. The lowest BCUT2D eigenvalue weighted by Gasteiger charge is -2.18. The highest BCUT2D eigenvalue weighted by atomic mass is 35.5. The summed E-state index contributed by atoms with van der Waals surface area (Å²) in [6.07, 6.45) is 3.42. The largest absolute Gasteiger partial charge is 0.497 e. The van der Waals surface area contributed by atoms with Crippen molar-refractivity contribution >= 4 is 23.2 Å². The van der Waals surface area contributed by atoms with Crippen molar-refractivity contribution in [1.29, 1.82) is 0 Å². The maximum atomic E-state index is 6.18. The van der Waals surface area contributed by atoms with Crippen molar-refractivity contribution in [1.82, 2.24) is 5.32 Å². The smallest absolute Gasteiger partial charge is 0.127 e. The number of benzene rings is 3. The highest BCUT2D eigenvalue weighted by molar-refractivity contribution is 6.01. The number of hydrogen-bond acceptors (Lipinski definition) is 4. The Hall–Kier alpha value is -2.27. The Morgan fingerprint density at radius 1 is 0.933 bits per heavy atom. The molecule has 0 atom stereocenters. The van der Waals surface area contributed by atoms with Crippen LogP contribution < -0.4 is 14.8 Å². The predicted molar refractivity (Wildman–Crippen MR) is 125 cm³/mol. The van der Waals surface area contributed by atoms with E-state index >= 15 is 0 Å². The van der Waals surface area contributed by atoms with E-state index in [9.17, 15) is 0 Å². The van der Waals surface area contributed by atoms with Crippen LogP contribution >= 0.6 is 12.4 Å². The summed E-state index contributed by atoms with van der Waals surface area (Å²) in [6, 6.07) is 19.7. The Balaban J connectivity index is 0.00000256. The van der Waals surface area contributed by atoms with Gasteiger partial charge in [-0.3, -0.25) is 0 Å². The van der Waals surface area contributed by atoms with Crippen molar-refractivity contribution in [3.8, 4) is 22.6 Å². The number of fused-ring (bicyclic) bond motifs is 1. The number of ether oxygens (including phenoxy) is 3. The van der Waals surface area contributed by atoms with E-state index in [-0.39, 0.29) is 12.4 Å². The van der Waals surface area contributed by atoms with Gasteiger partial charge in [0.1, 0.15) is 11.5 Å². The first-order valence-corrected chi connectivity index (χ1v) is 10.3. The van der Waals surface area contributed by atoms with Gasteiger partial charge in [-0.05, 0) is 53.1 Å². The molecule has 0 spiro atoms. The van der Waals surface area contributed by atoms with Crippen LogP contribution in [0.4, 0.5) is 0 Å². The standard InChI is InChI=1S/C25H29NO3.ClH/c1-27-14-5-15-29-24-16-19(17-26-20-10-11-20)25(23-7-4-3-6-22(23)24)18-8-12-21(28-2)13-9-18;/h3-4,6-9,12-13,16,20,26H,5,10-11,14-15,17H2,1-2H3;1H. The zero-order chi connectivity index (χ0) is 20.1. The van der Waals surface area contributed by atoms with E-state index in [1.807, 2.05) is 12.1 Å². The minimum absolute atomic E-state index is 0. The zero-order valence-electron chi connectivity index (χ0n) is 17.6. The van der Waals surface area contributed by atoms with Gasteiger partial charge in [-0.25, -0.2) is 0 Å². The normalized spacial score (nSPS) is 13.1. The molecular weight excluding hydrogens is 398 g/mol. The van der Waals surface area contributed by atoms with Gasteiger partial charge in [-0.15, -0.1) is 12.4 Å². The Kier molecular flexibility index (Phi) is 7.97. The summed E-state index contributed by atoms with van der Waals surface area (Å²) in [7, 11) is 3.42. The topological polar surface area (TPSA) is 39.7 Å². The molecule has 0 radical (unpaired) electrons. The van der Waals surface area contributed by atoms with E-state index in [0.717, 1.165) is 29.9 Å². The Labute approximate surface area is 184 Å². The van der Waals surface area contributed by atoms with Crippen LogP contribution in [0.25, 0.3) is 21.9 Å². The highest BCUT2D eigenvalue weighted by Gasteiger charge is 2.22. The second kappa shape index (κ2) is 10.7. The molecule has 0 unspecified atom stereocenters. The highest BCUT2D eigenvalue weighted by Crippen LogP contribution is 2.39. The maximum absolute atomic E-state index is 6.18. The van der Waals surface area contributed by atoms with Crippen molar-refractivity contribution in [3.05, 3.63) is 60.2 Å². The molecule has 160 valence electrons. The average Bonchev–Trinajstić information content (AvgIpc) is 3.60. The van der Waals surface area contributed by atoms with Crippen LogP contribution in [0.5, 0.6) is 11.5 Å². The predicted octanol–water partition coefficient (Wildman–Crippen LogP) is 5.60. The van der Waals surface area contributed by atoms with Crippen molar-refractivity contribution in [3.63, 3.8) is 0 Å². The first kappa shape index (κ1) is 22.4. The fraction of sp³-hybridized carbons (Fsp3) is 0.360. The van der Waals surface area contributed by atoms with Crippen LogP contribution in [0.3, 0.4) is 0 Å². The van der Waals surface area contributed by atoms with E-state index in [0.29, 0.717) is 19.3 Å². The third kappa shape index (κ3) is 5.25. The zero-order valence-corrected chi connectivity index (χ0v) is 18.5. The van der Waals surface area contributed by atoms with Crippen molar-refractivity contribution in [2.24, 2.45) is 0 Å². The summed E-state index contributed by atoms with van der Waals surface area (Å²) in [5.41, 5.74) is 3.73. The number of rotatable bonds is 10. The van der Waals surface area contributed by atoms with E-state index in [1.165, 1.54) is 34.9 Å². The Bertz CT molecular complexity index is 955. The third-order valence-electron chi connectivity index (χ3n) is 5.38. The third-order valence-corrected chi connectivity index (χ3v) is 5.38. The van der Waals surface area contributed by atoms with Crippen LogP contribution in [-0.4, -0.2) is 33.5 Å². The number of nitrogens with one attached hydrogen (secondary N) is 1. The molecule has 4 rings (SSSR count). The Morgan fingerprint density at radius 3 is 2.33 bits per heavy atom. The van der Waals surface area contributed by atoms with Crippen molar-refractivity contribution in [2.75, 3.05) is 27.4 Å². The molecule has 0 saturated heterocycles. The van der Waals surface area contributed by atoms with Gasteiger partial charge in [0.25, 0.3) is 0 Å². The van der Waals surface area contributed by atoms with E-state index in [4.69, 9.17) is 14.2 Å². The van der Waals surface area contributed by atoms with Crippen LogP contribution in [0.1, 0.15) is 24.8 Å². The van der Waals surface area contributed by atoms with Crippen LogP contribution in [0.2, 0.25) is 0 Å². The minimum Gasteiger partial charge on any atom is -0.497 e. The molecule has 1 N–H and O–H groups in total. The summed E-state index contributed by atoms with van der Waals surface area (Å²) in [4.78, 5) is 0. The molecule has 30 heavy (non-hydrogen) atoms. The van der Waals surface area contributed by atoms with Gasteiger partial charge in [0.05, 0.1) is 13.7 Å². The van der Waals surface area contributed by atoms with Gasteiger partial charge < -0.3 is 19.5 Å². The van der Waals surface area contributed by atoms with E-state index < -0.39 is 0 Å². The molecule has 1 aliphatic carbocycles. The molecule has 0 bridgehead atoms. The van der Waals surface area contributed by atoms with Gasteiger partial charge in [-0.2, -0.15) is 0 Å². The summed E-state index contributed by atoms with van der Waals surface area (Å²) >= 11 is 0. The molecule has 5 heteroatoms. The van der Waals surface area contributed by atoms with Gasteiger partial charge in [0.2, 0.25) is 0 Å². The summed E-state index contributed by atoms with van der Waals surface area (Å²) < 4.78 is 16.7. The molecule has 0 amide bonds. The molecule has 1 saturated carbocycles. The Morgan fingerprint density at radius 2 is 1.67 bits per heavy atom. The van der Waals surface area contributed by atoms with Crippen molar-refractivity contribution < 1.29 is 14.2 Å². The fourth-order valence-corrected chi connectivity index (χ4v) is 3.68. The second-order valence-electron chi connectivity index (χ2n) is 7.53. The number of methoxy groups -OCH3 is 2. The summed E-state index contributed by atoms with van der Waals surface area (Å²) in [5, 5.41) is 6.04. The van der Waals surface area contributed by atoms with Gasteiger partial charge in [0, 0.05) is 38.1 Å². The molecule has 0 heterocycles. The van der Waals surface area contributed by atoms with Crippen molar-refractivity contribution in [2.45, 2.75) is 31.8 Å². The first-order valence-electron chi connectivity index (χ1n) is 10.3. The molecule has 0 aliphatic heterocycles. The monoisotopic (exact) mass is 427 g/mol. The lowest BCUT2D eigenvalue weighted by atomic mass is 9.92. The molecule has 3 aromatic carbocycles. The second-order valence-corrected chi connectivity index (χ2v) is 7.53. The molecule has 1 aliphatic rings. The SMILES string of the molecule is COCCCOc1cc(CNC2CC2)c(-c2ccc(OC)cc2)c2ccccc12.Cl. The van der Waals surface area contributed by atoms with Gasteiger partial charge in [0.15, 0.2) is 0 Å². The van der Waals surface area contributed by atoms with Crippen LogP contribution in [0, 0.1) is 0 Å². The van der Waals surface area contributed by atoms with Crippen LogP contribution in [-0.2, 0) is 11.3 Å². The molecule has 3 aromatic rings. The molecule has 1 fully saturated rings. The van der Waals surface area contributed by atoms with Gasteiger partial charge >= 0.3 is 0 Å². The molecule has 0 aromatic heterocycles. The van der Waals surface area contributed by atoms with Gasteiger partial charge in [-0.1, -0.05) is 36.4 Å². The van der Waals surface area contributed by atoms with Crippen LogP contribution in [0.15, 0.2) is 54.6 Å².